The van der Waals surface area contributed by atoms with Gasteiger partial charge in [-0.05, 0) is 55.2 Å². The number of aromatic amines is 2. The molecule has 0 unspecified atom stereocenters. The molecule has 0 radical (unpaired) electrons. The average Bonchev–Trinajstić information content (AvgIpc) is 3.80. The minimum Gasteiger partial charge on any atom is -0.336 e. The van der Waals surface area contributed by atoms with Gasteiger partial charge in [0.05, 0.1) is 45.9 Å². The summed E-state index contributed by atoms with van der Waals surface area (Å²) in [6.07, 6.45) is 11.0. The van der Waals surface area contributed by atoms with Gasteiger partial charge < -0.3 is 10.3 Å². The van der Waals surface area contributed by atoms with Crippen molar-refractivity contribution in [2.24, 2.45) is 5.92 Å². The van der Waals surface area contributed by atoms with Gasteiger partial charge in [0.25, 0.3) is 0 Å². The number of imidazole rings is 1. The maximum atomic E-state index is 16.2. The molecule has 0 aliphatic heterocycles. The number of nitrogens with one attached hydrogen (secondary N) is 3. The molecule has 0 bridgehead atoms. The molecule has 5 aromatic heterocycles. The molecule has 0 spiro atoms. The maximum absolute atomic E-state index is 16.2. The predicted octanol–water partition coefficient (Wildman–Crippen LogP) is 5.62. The molecule has 0 atom stereocenters. The highest BCUT2D eigenvalue weighted by Crippen LogP contribution is 2.35. The van der Waals surface area contributed by atoms with E-state index in [1.54, 1.807) is 18.2 Å². The molecule has 1 amide bonds. The van der Waals surface area contributed by atoms with Gasteiger partial charge in [-0.15, -0.1) is 0 Å². The second-order valence-corrected chi connectivity index (χ2v) is 13.8. The topological polar surface area (TPSA) is 159 Å². The Labute approximate surface area is 261 Å². The summed E-state index contributed by atoms with van der Waals surface area (Å²) in [5.41, 5.74) is 3.66. The molecule has 1 aliphatic carbocycles. The molecule has 6 aromatic rings. The van der Waals surface area contributed by atoms with Crippen molar-refractivity contribution in [2.75, 3.05) is 17.3 Å². The molecular weight excluding hydrogens is 614 g/mol. The van der Waals surface area contributed by atoms with E-state index in [0.717, 1.165) is 31.9 Å². The number of sulfone groups is 1. The summed E-state index contributed by atoms with van der Waals surface area (Å²) in [4.78, 5) is 33.5. The number of aryl methyl sites for hydroxylation is 1. The summed E-state index contributed by atoms with van der Waals surface area (Å²) in [5, 5.41) is 10.2. The van der Waals surface area contributed by atoms with Crippen LogP contribution in [0.2, 0.25) is 0 Å². The van der Waals surface area contributed by atoms with Crippen LogP contribution in [0.1, 0.15) is 31.2 Å². The zero-order valence-electron chi connectivity index (χ0n) is 24.6. The lowest BCUT2D eigenvalue weighted by Gasteiger charge is -2.11. The van der Waals surface area contributed by atoms with Crippen LogP contribution >= 0.6 is 0 Å². The van der Waals surface area contributed by atoms with Gasteiger partial charge in [0, 0.05) is 35.7 Å². The van der Waals surface area contributed by atoms with Crippen LogP contribution in [0.25, 0.3) is 56.0 Å². The average molecular weight is 643 g/mol. The molecule has 5 heterocycles. The lowest BCUT2D eigenvalue weighted by atomic mass is 10.0. The Hall–Kier alpha value is -5.11. The summed E-state index contributed by atoms with van der Waals surface area (Å²) in [6.45, 7) is 0. The van der Waals surface area contributed by atoms with E-state index in [-0.39, 0.29) is 46.6 Å². The van der Waals surface area contributed by atoms with Gasteiger partial charge in [-0.25, -0.2) is 22.2 Å². The van der Waals surface area contributed by atoms with E-state index in [4.69, 9.17) is 0 Å². The molecule has 0 saturated heterocycles. The summed E-state index contributed by atoms with van der Waals surface area (Å²) >= 11 is 0. The first-order valence-electron chi connectivity index (χ1n) is 14.7. The van der Waals surface area contributed by atoms with E-state index in [1.807, 2.05) is 0 Å². The predicted molar refractivity (Wildman–Crippen MR) is 169 cm³/mol. The fraction of sp³-hybridized carbons (Fsp3) is 0.250. The van der Waals surface area contributed by atoms with Gasteiger partial charge in [0.1, 0.15) is 32.6 Å². The molecule has 1 saturated carbocycles. The van der Waals surface area contributed by atoms with Gasteiger partial charge in [-0.2, -0.15) is 5.10 Å². The minimum absolute atomic E-state index is 0.0273. The summed E-state index contributed by atoms with van der Waals surface area (Å²) < 4.78 is 54.2. The smallest absolute Gasteiger partial charge is 0.227 e. The monoisotopic (exact) mass is 642 g/mol. The van der Waals surface area contributed by atoms with Gasteiger partial charge in [-0.3, -0.25) is 24.8 Å². The van der Waals surface area contributed by atoms with E-state index in [2.05, 4.69) is 40.4 Å². The summed E-state index contributed by atoms with van der Waals surface area (Å²) in [6, 6.07) is 7.61. The van der Waals surface area contributed by atoms with Crippen LogP contribution in [0.4, 0.5) is 14.5 Å². The number of hydrogen-bond acceptors (Lipinski definition) is 8. The maximum Gasteiger partial charge on any atom is 0.227 e. The molecule has 46 heavy (non-hydrogen) atoms. The fourth-order valence-electron chi connectivity index (χ4n) is 5.91. The number of anilines is 1. The lowest BCUT2D eigenvalue weighted by Crippen LogP contribution is -2.20. The van der Waals surface area contributed by atoms with Crippen LogP contribution in [0.3, 0.4) is 0 Å². The summed E-state index contributed by atoms with van der Waals surface area (Å²) in [7, 11) is -3.24. The molecule has 1 aromatic carbocycles. The summed E-state index contributed by atoms with van der Waals surface area (Å²) in [5.74, 6) is -1.17. The van der Waals surface area contributed by atoms with Gasteiger partial charge in [-0.1, -0.05) is 12.8 Å². The number of hydrogen-bond donors (Lipinski definition) is 3. The Morgan fingerprint density at radius 1 is 0.978 bits per heavy atom. The molecule has 14 heteroatoms. The number of fused-ring (bicyclic) bond motifs is 2. The fourth-order valence-corrected chi connectivity index (χ4v) is 6.52. The highest BCUT2D eigenvalue weighted by molar-refractivity contribution is 7.90. The zero-order valence-corrected chi connectivity index (χ0v) is 25.5. The number of H-pyrrole nitrogens is 2. The zero-order chi connectivity index (χ0) is 32.0. The highest BCUT2D eigenvalue weighted by Gasteiger charge is 2.24. The second kappa shape index (κ2) is 11.7. The quantitative estimate of drug-likeness (QED) is 0.193. The number of aromatic nitrogens is 7. The first-order chi connectivity index (χ1) is 22.1. The van der Waals surface area contributed by atoms with Crippen LogP contribution < -0.4 is 5.32 Å². The van der Waals surface area contributed by atoms with Gasteiger partial charge in [0.15, 0.2) is 11.6 Å². The molecule has 234 valence electrons. The van der Waals surface area contributed by atoms with Crippen molar-refractivity contribution in [3.05, 3.63) is 72.3 Å². The number of amides is 1. The Morgan fingerprint density at radius 3 is 2.61 bits per heavy atom. The standard InChI is InChI=1S/C32H28F2N8O3S/c1-46(44,45)9-7-17-10-19(12-21(33)11-17)28-29-23(6-8-36-28)39-31(40-29)30-25-24(41-42-30)16-37-27(26(25)34)20-13-22(15-35-14-20)38-32(43)18-4-2-3-5-18/h6,8,10-16,18H,2-5,7,9H2,1H3,(H,38,43)(H,39,40)(H,41,42). The number of pyridine rings is 3. The Bertz CT molecular complexity index is 2240. The second-order valence-electron chi connectivity index (χ2n) is 11.6. The van der Waals surface area contributed by atoms with Gasteiger partial charge in [0.2, 0.25) is 5.91 Å². The normalized spacial score (nSPS) is 14.0. The van der Waals surface area contributed by atoms with Crippen molar-refractivity contribution in [3.63, 3.8) is 0 Å². The molecule has 11 nitrogen and oxygen atoms in total. The van der Waals surface area contributed by atoms with E-state index >= 15 is 4.39 Å². The third kappa shape index (κ3) is 5.83. The lowest BCUT2D eigenvalue weighted by molar-refractivity contribution is -0.119. The molecule has 1 aliphatic rings. The number of halogens is 2. The van der Waals surface area contributed by atoms with Crippen LogP contribution in [0, 0.1) is 17.6 Å². The van der Waals surface area contributed by atoms with Crippen molar-refractivity contribution in [1.29, 1.82) is 0 Å². The van der Waals surface area contributed by atoms with Crippen molar-refractivity contribution in [1.82, 2.24) is 35.1 Å². The molecule has 7 rings (SSSR count). The first-order valence-corrected chi connectivity index (χ1v) is 16.8. The Morgan fingerprint density at radius 2 is 1.80 bits per heavy atom. The third-order valence-electron chi connectivity index (χ3n) is 8.17. The van der Waals surface area contributed by atoms with Crippen LogP contribution in [0.5, 0.6) is 0 Å². The molecular formula is C32H28F2N8O3S. The van der Waals surface area contributed by atoms with Crippen molar-refractivity contribution < 1.29 is 22.0 Å². The molecule has 3 N–H and O–H groups in total. The van der Waals surface area contributed by atoms with Crippen LogP contribution in [-0.4, -0.2) is 61.5 Å². The van der Waals surface area contributed by atoms with Crippen molar-refractivity contribution in [2.45, 2.75) is 32.1 Å². The Balaban J connectivity index is 1.25. The van der Waals surface area contributed by atoms with E-state index in [9.17, 15) is 17.6 Å². The van der Waals surface area contributed by atoms with Gasteiger partial charge >= 0.3 is 0 Å². The molecule has 1 fully saturated rings. The number of carbonyl (C=O) groups is 1. The number of rotatable bonds is 8. The SMILES string of the molecule is CS(=O)(=O)CCc1cc(F)cc(-c2nccc3[nH]c(-c4n[nH]c5cnc(-c6cncc(NC(=O)C7CCCC7)c6)c(F)c45)nc23)c1. The Kier molecular flexibility index (Phi) is 7.51. The number of benzene rings is 1. The van der Waals surface area contributed by atoms with Crippen LogP contribution in [-0.2, 0) is 21.1 Å². The number of nitrogens with zero attached hydrogens (tertiary/aromatic N) is 5. The van der Waals surface area contributed by atoms with E-state index in [0.29, 0.717) is 44.6 Å². The van der Waals surface area contributed by atoms with Crippen molar-refractivity contribution >= 4 is 43.4 Å². The number of carbonyl (C=O) groups excluding carboxylic acids is 1. The highest BCUT2D eigenvalue weighted by atomic mass is 32.2. The van der Waals surface area contributed by atoms with E-state index in [1.165, 1.54) is 36.9 Å². The minimum atomic E-state index is -3.24. The van der Waals surface area contributed by atoms with E-state index < -0.39 is 21.5 Å². The first kappa shape index (κ1) is 29.6. The van der Waals surface area contributed by atoms with Crippen LogP contribution in [0.15, 0.2) is 55.1 Å². The third-order valence-corrected chi connectivity index (χ3v) is 9.11. The largest absolute Gasteiger partial charge is 0.336 e. The van der Waals surface area contributed by atoms with Crippen molar-refractivity contribution in [3.8, 4) is 34.0 Å².